The average Bonchev–Trinajstić information content (AvgIpc) is 2.72. The van der Waals surface area contributed by atoms with Gasteiger partial charge in [-0.3, -0.25) is 4.79 Å². The second kappa shape index (κ2) is 5.51. The van der Waals surface area contributed by atoms with Crippen molar-refractivity contribution in [2.75, 3.05) is 31.6 Å². The molecule has 1 fully saturated rings. The Bertz CT molecular complexity index is 467. The molecule has 1 aromatic rings. The summed E-state index contributed by atoms with van der Waals surface area (Å²) in [4.78, 5) is 14.4. The van der Waals surface area contributed by atoms with Gasteiger partial charge in [-0.05, 0) is 43.9 Å². The highest BCUT2D eigenvalue weighted by atomic mass is 16.5. The maximum absolute atomic E-state index is 12.4. The molecule has 0 unspecified atom stereocenters. The fourth-order valence-corrected chi connectivity index (χ4v) is 2.68. The minimum atomic E-state index is 0.135. The monoisotopic (exact) mass is 260 g/mol. The van der Waals surface area contributed by atoms with Gasteiger partial charge in [0.1, 0.15) is 5.75 Å². The summed E-state index contributed by atoms with van der Waals surface area (Å²) in [5.41, 5.74) is 1.73. The first kappa shape index (κ1) is 12.3. The maximum Gasteiger partial charge on any atom is 0.253 e. The van der Waals surface area contributed by atoms with Gasteiger partial charge in [0.2, 0.25) is 0 Å². The first-order valence-electron chi connectivity index (χ1n) is 7.14. The van der Waals surface area contributed by atoms with E-state index in [0.717, 1.165) is 55.9 Å². The van der Waals surface area contributed by atoms with Gasteiger partial charge in [0.05, 0.1) is 12.3 Å². The Kier molecular flexibility index (Phi) is 3.58. The Morgan fingerprint density at radius 3 is 2.84 bits per heavy atom. The van der Waals surface area contributed by atoms with E-state index in [9.17, 15) is 4.79 Å². The molecule has 0 atom stereocenters. The van der Waals surface area contributed by atoms with Crippen LogP contribution in [0.15, 0.2) is 18.2 Å². The number of rotatable bonds is 1. The molecule has 1 N–H and O–H groups in total. The van der Waals surface area contributed by atoms with E-state index in [4.69, 9.17) is 4.74 Å². The molecular weight excluding hydrogens is 240 g/mol. The molecule has 0 aromatic heterocycles. The third-order valence-corrected chi connectivity index (χ3v) is 3.77. The molecule has 2 aliphatic heterocycles. The summed E-state index contributed by atoms with van der Waals surface area (Å²) in [5, 5.41) is 3.32. The van der Waals surface area contributed by atoms with E-state index >= 15 is 0 Å². The zero-order valence-electron chi connectivity index (χ0n) is 11.2. The average molecular weight is 260 g/mol. The third-order valence-electron chi connectivity index (χ3n) is 3.77. The van der Waals surface area contributed by atoms with E-state index in [1.807, 2.05) is 23.1 Å². The number of benzene rings is 1. The van der Waals surface area contributed by atoms with Crippen molar-refractivity contribution in [2.45, 2.75) is 25.7 Å². The molecule has 3 rings (SSSR count). The van der Waals surface area contributed by atoms with Crippen molar-refractivity contribution in [3.8, 4) is 5.75 Å². The molecule has 19 heavy (non-hydrogen) atoms. The lowest BCUT2D eigenvalue weighted by atomic mass is 10.1. The zero-order valence-corrected chi connectivity index (χ0v) is 11.2. The van der Waals surface area contributed by atoms with Crippen LogP contribution in [0.4, 0.5) is 5.69 Å². The van der Waals surface area contributed by atoms with Crippen LogP contribution in [0.25, 0.3) is 0 Å². The number of hydrogen-bond donors (Lipinski definition) is 1. The van der Waals surface area contributed by atoms with Gasteiger partial charge in [0, 0.05) is 25.2 Å². The molecule has 0 spiro atoms. The number of nitrogens with zero attached hydrogens (tertiary/aromatic N) is 1. The minimum absolute atomic E-state index is 0.135. The minimum Gasteiger partial charge on any atom is -0.491 e. The third kappa shape index (κ3) is 2.67. The van der Waals surface area contributed by atoms with Crippen LogP contribution < -0.4 is 10.1 Å². The molecule has 0 saturated carbocycles. The van der Waals surface area contributed by atoms with E-state index in [0.29, 0.717) is 6.61 Å². The lowest BCUT2D eigenvalue weighted by Gasteiger charge is -2.27. The molecule has 2 heterocycles. The molecule has 4 heteroatoms. The molecule has 0 radical (unpaired) electrons. The first-order valence-corrected chi connectivity index (χ1v) is 7.14. The molecule has 4 nitrogen and oxygen atoms in total. The van der Waals surface area contributed by atoms with Crippen LogP contribution in [0.1, 0.15) is 36.0 Å². The second-order valence-corrected chi connectivity index (χ2v) is 5.19. The van der Waals surface area contributed by atoms with E-state index in [2.05, 4.69) is 5.32 Å². The summed E-state index contributed by atoms with van der Waals surface area (Å²) in [6.45, 7) is 3.40. The Balaban J connectivity index is 1.80. The first-order chi connectivity index (χ1) is 9.34. The number of carbonyl (C=O) groups is 1. The number of nitrogens with one attached hydrogen (secondary N) is 1. The van der Waals surface area contributed by atoms with Crippen molar-refractivity contribution in [3.63, 3.8) is 0 Å². The molecule has 2 aliphatic rings. The fourth-order valence-electron chi connectivity index (χ4n) is 2.68. The van der Waals surface area contributed by atoms with Gasteiger partial charge >= 0.3 is 0 Å². The van der Waals surface area contributed by atoms with E-state index in [1.165, 1.54) is 6.42 Å². The number of fused-ring (bicyclic) bond motifs is 1. The van der Waals surface area contributed by atoms with Gasteiger partial charge in [-0.25, -0.2) is 0 Å². The van der Waals surface area contributed by atoms with Crippen LogP contribution in [0.3, 0.4) is 0 Å². The molecular formula is C15H20N2O2. The fraction of sp³-hybridized carbons (Fsp3) is 0.533. The Morgan fingerprint density at radius 2 is 2.00 bits per heavy atom. The van der Waals surface area contributed by atoms with Gasteiger partial charge in [-0.2, -0.15) is 0 Å². The van der Waals surface area contributed by atoms with Crippen LogP contribution >= 0.6 is 0 Å². The van der Waals surface area contributed by atoms with E-state index < -0.39 is 0 Å². The summed E-state index contributed by atoms with van der Waals surface area (Å²) in [5.74, 6) is 0.940. The lowest BCUT2D eigenvalue weighted by molar-refractivity contribution is 0.0724. The van der Waals surface area contributed by atoms with Crippen LogP contribution in [0.5, 0.6) is 5.75 Å². The number of anilines is 1. The number of hydrogen-bond acceptors (Lipinski definition) is 3. The van der Waals surface area contributed by atoms with Crippen molar-refractivity contribution >= 4 is 11.6 Å². The molecule has 0 aliphatic carbocycles. The number of ether oxygens (including phenoxy) is 1. The van der Waals surface area contributed by atoms with Crippen molar-refractivity contribution in [1.82, 2.24) is 4.90 Å². The van der Waals surface area contributed by atoms with E-state index in [-0.39, 0.29) is 5.91 Å². The quantitative estimate of drug-likeness (QED) is 0.843. The summed E-state index contributed by atoms with van der Waals surface area (Å²) < 4.78 is 5.69. The Labute approximate surface area is 113 Å². The predicted molar refractivity (Wildman–Crippen MR) is 74.8 cm³/mol. The van der Waals surface area contributed by atoms with Crippen molar-refractivity contribution < 1.29 is 9.53 Å². The molecule has 1 amide bonds. The highest BCUT2D eigenvalue weighted by molar-refractivity contribution is 5.95. The highest BCUT2D eigenvalue weighted by Gasteiger charge is 2.19. The lowest BCUT2D eigenvalue weighted by Crippen LogP contribution is -2.35. The SMILES string of the molecule is O=C(c1ccc2c(c1)OCCCN2)N1CCCCC1. The van der Waals surface area contributed by atoms with Crippen LogP contribution in [0, 0.1) is 0 Å². The Morgan fingerprint density at radius 1 is 1.16 bits per heavy atom. The zero-order chi connectivity index (χ0) is 13.1. The standard InChI is InChI=1S/C15H20N2O2/c18-15(17-8-2-1-3-9-17)12-5-6-13-14(11-12)19-10-4-7-16-13/h5-6,11,16H,1-4,7-10H2. The number of piperidine rings is 1. The number of likely N-dealkylation sites (tertiary alicyclic amines) is 1. The molecule has 1 aromatic carbocycles. The van der Waals surface area contributed by atoms with Crippen molar-refractivity contribution in [3.05, 3.63) is 23.8 Å². The smallest absolute Gasteiger partial charge is 0.253 e. The molecule has 102 valence electrons. The number of amides is 1. The van der Waals surface area contributed by atoms with E-state index in [1.54, 1.807) is 0 Å². The summed E-state index contributed by atoms with van der Waals surface area (Å²) >= 11 is 0. The normalized spacial score (nSPS) is 18.8. The summed E-state index contributed by atoms with van der Waals surface area (Å²) in [6.07, 6.45) is 4.47. The van der Waals surface area contributed by atoms with Crippen LogP contribution in [-0.4, -0.2) is 37.0 Å². The predicted octanol–water partition coefficient (Wildman–Crippen LogP) is 2.51. The largest absolute Gasteiger partial charge is 0.491 e. The van der Waals surface area contributed by atoms with Gasteiger partial charge in [-0.15, -0.1) is 0 Å². The van der Waals surface area contributed by atoms with Crippen LogP contribution in [0.2, 0.25) is 0 Å². The van der Waals surface area contributed by atoms with Gasteiger partial charge in [-0.1, -0.05) is 0 Å². The Hall–Kier alpha value is -1.71. The van der Waals surface area contributed by atoms with Crippen molar-refractivity contribution in [1.29, 1.82) is 0 Å². The molecule has 0 bridgehead atoms. The van der Waals surface area contributed by atoms with Gasteiger partial charge < -0.3 is 15.0 Å². The van der Waals surface area contributed by atoms with Crippen molar-refractivity contribution in [2.24, 2.45) is 0 Å². The van der Waals surface area contributed by atoms with Gasteiger partial charge in [0.15, 0.2) is 0 Å². The van der Waals surface area contributed by atoms with Gasteiger partial charge in [0.25, 0.3) is 5.91 Å². The topological polar surface area (TPSA) is 41.6 Å². The number of carbonyl (C=O) groups excluding carboxylic acids is 1. The maximum atomic E-state index is 12.4. The second-order valence-electron chi connectivity index (χ2n) is 5.19. The molecule has 1 saturated heterocycles. The van der Waals surface area contributed by atoms with Crippen LogP contribution in [-0.2, 0) is 0 Å². The highest BCUT2D eigenvalue weighted by Crippen LogP contribution is 2.28. The summed E-state index contributed by atoms with van der Waals surface area (Å²) in [6, 6.07) is 5.74. The summed E-state index contributed by atoms with van der Waals surface area (Å²) in [7, 11) is 0.